The Bertz CT molecular complexity index is 775. The van der Waals surface area contributed by atoms with Crippen molar-refractivity contribution in [2.75, 3.05) is 7.11 Å². The van der Waals surface area contributed by atoms with Gasteiger partial charge in [0.25, 0.3) is 0 Å². The average Bonchev–Trinajstić information content (AvgIpc) is 2.96. The molecule has 0 amide bonds. The van der Waals surface area contributed by atoms with Crippen molar-refractivity contribution in [2.45, 2.75) is 25.7 Å². The monoisotopic (exact) mass is 310 g/mol. The zero-order valence-electron chi connectivity index (χ0n) is 13.1. The zero-order valence-corrected chi connectivity index (χ0v) is 13.1. The predicted molar refractivity (Wildman–Crippen MR) is 85.8 cm³/mol. The van der Waals surface area contributed by atoms with Crippen molar-refractivity contribution in [1.29, 1.82) is 0 Å². The Labute approximate surface area is 134 Å². The number of hydrogen-bond acceptors (Lipinski definition) is 4. The second-order valence-electron chi connectivity index (χ2n) is 5.88. The van der Waals surface area contributed by atoms with E-state index < -0.39 is 0 Å². The topological polar surface area (TPSA) is 63.6 Å². The molecule has 23 heavy (non-hydrogen) atoms. The number of phenolic OH excluding ortho intramolecular Hbond substituents is 1. The molecule has 0 aromatic heterocycles. The van der Waals surface area contributed by atoms with Crippen LogP contribution in [0.5, 0.6) is 5.75 Å². The van der Waals surface area contributed by atoms with Crippen LogP contribution in [0, 0.1) is 6.92 Å². The van der Waals surface area contributed by atoms with Crippen molar-refractivity contribution < 1.29 is 19.4 Å². The lowest BCUT2D eigenvalue weighted by Crippen LogP contribution is -2.11. The number of rotatable bonds is 3. The highest BCUT2D eigenvalue weighted by Gasteiger charge is 2.31. The van der Waals surface area contributed by atoms with E-state index in [1.165, 1.54) is 13.2 Å². The minimum Gasteiger partial charge on any atom is -0.507 e. The van der Waals surface area contributed by atoms with Gasteiger partial charge in [0.05, 0.1) is 18.6 Å². The highest BCUT2D eigenvalue weighted by molar-refractivity contribution is 6.11. The number of esters is 1. The van der Waals surface area contributed by atoms with Crippen LogP contribution in [0.4, 0.5) is 0 Å². The molecule has 0 fully saturated rings. The summed E-state index contributed by atoms with van der Waals surface area (Å²) in [6.07, 6.45) is 1.34. The summed E-state index contributed by atoms with van der Waals surface area (Å²) in [7, 11) is 1.36. The van der Waals surface area contributed by atoms with Crippen molar-refractivity contribution in [3.8, 4) is 5.75 Å². The maximum Gasteiger partial charge on any atom is 0.313 e. The first-order valence-corrected chi connectivity index (χ1v) is 7.56. The van der Waals surface area contributed by atoms with E-state index in [1.807, 2.05) is 19.1 Å². The van der Waals surface area contributed by atoms with Crippen LogP contribution in [-0.2, 0) is 16.0 Å². The molecule has 4 heteroatoms. The first kappa shape index (κ1) is 15.3. The summed E-state index contributed by atoms with van der Waals surface area (Å²) in [6.45, 7) is 1.95. The van der Waals surface area contributed by atoms with Crippen LogP contribution in [0.15, 0.2) is 36.4 Å². The molecule has 4 nitrogen and oxygen atoms in total. The zero-order chi connectivity index (χ0) is 16.6. The molecular weight excluding hydrogens is 292 g/mol. The number of hydrogen-bond donors (Lipinski definition) is 1. The normalized spacial score (nSPS) is 16.0. The number of carbonyl (C=O) groups is 2. The Morgan fingerprint density at radius 1 is 1.17 bits per heavy atom. The summed E-state index contributed by atoms with van der Waals surface area (Å²) >= 11 is 0. The molecule has 0 saturated carbocycles. The van der Waals surface area contributed by atoms with Gasteiger partial charge in [-0.3, -0.25) is 9.59 Å². The lowest BCUT2D eigenvalue weighted by Gasteiger charge is -2.11. The first-order valence-electron chi connectivity index (χ1n) is 7.56. The van der Waals surface area contributed by atoms with Crippen molar-refractivity contribution in [1.82, 2.24) is 0 Å². The van der Waals surface area contributed by atoms with Gasteiger partial charge in [0.1, 0.15) is 5.75 Å². The lowest BCUT2D eigenvalue weighted by molar-refractivity contribution is -0.142. The van der Waals surface area contributed by atoms with Gasteiger partial charge in [-0.1, -0.05) is 29.8 Å². The number of carbonyl (C=O) groups excluding carboxylic acids is 2. The molecule has 0 heterocycles. The summed E-state index contributed by atoms with van der Waals surface area (Å²) in [5.41, 5.74) is 3.57. The maximum absolute atomic E-state index is 12.6. The van der Waals surface area contributed by atoms with Gasteiger partial charge in [-0.15, -0.1) is 0 Å². The first-order chi connectivity index (χ1) is 11.0. The highest BCUT2D eigenvalue weighted by atomic mass is 16.5. The van der Waals surface area contributed by atoms with Gasteiger partial charge in [0.15, 0.2) is 5.78 Å². The molecule has 0 aliphatic heterocycles. The van der Waals surface area contributed by atoms with Crippen molar-refractivity contribution in [3.63, 3.8) is 0 Å². The highest BCUT2D eigenvalue weighted by Crippen LogP contribution is 2.38. The van der Waals surface area contributed by atoms with E-state index in [1.54, 1.807) is 18.2 Å². The number of aryl methyl sites for hydroxylation is 2. The van der Waals surface area contributed by atoms with Crippen LogP contribution in [0.1, 0.15) is 45.0 Å². The number of fused-ring (bicyclic) bond motifs is 1. The van der Waals surface area contributed by atoms with Crippen molar-refractivity contribution >= 4 is 11.8 Å². The van der Waals surface area contributed by atoms with E-state index in [4.69, 9.17) is 4.74 Å². The molecule has 0 radical (unpaired) electrons. The molecule has 1 aliphatic rings. The summed E-state index contributed by atoms with van der Waals surface area (Å²) in [5.74, 6) is -0.970. The quantitative estimate of drug-likeness (QED) is 0.699. The number of benzene rings is 2. The Hall–Kier alpha value is -2.62. The number of aromatic hydroxyl groups is 1. The molecule has 118 valence electrons. The van der Waals surface area contributed by atoms with Gasteiger partial charge in [-0.2, -0.15) is 0 Å². The lowest BCUT2D eigenvalue weighted by atomic mass is 9.95. The Kier molecular flexibility index (Phi) is 3.90. The second-order valence-corrected chi connectivity index (χ2v) is 5.88. The number of phenols is 1. The van der Waals surface area contributed by atoms with E-state index in [2.05, 4.69) is 0 Å². The van der Waals surface area contributed by atoms with E-state index in [0.29, 0.717) is 18.4 Å². The molecule has 1 N–H and O–H groups in total. The maximum atomic E-state index is 12.6. The van der Waals surface area contributed by atoms with Gasteiger partial charge in [0.2, 0.25) is 0 Å². The third kappa shape index (κ3) is 2.72. The largest absolute Gasteiger partial charge is 0.507 e. The van der Waals surface area contributed by atoms with Crippen LogP contribution in [0.3, 0.4) is 0 Å². The summed E-state index contributed by atoms with van der Waals surface area (Å²) < 4.78 is 4.80. The van der Waals surface area contributed by atoms with E-state index >= 15 is 0 Å². The fourth-order valence-corrected chi connectivity index (χ4v) is 3.07. The minimum absolute atomic E-state index is 0.0925. The number of methoxy groups -OCH3 is 1. The van der Waals surface area contributed by atoms with E-state index in [9.17, 15) is 14.7 Å². The van der Waals surface area contributed by atoms with Crippen LogP contribution < -0.4 is 0 Å². The molecule has 3 rings (SSSR count). The Morgan fingerprint density at radius 2 is 1.87 bits per heavy atom. The smallest absolute Gasteiger partial charge is 0.313 e. The standard InChI is InChI=1S/C19H18O4/c1-11-3-5-12(6-4-11)18(21)16-9-13-7-8-14(19(22)23-2)15(13)10-17(16)20/h3-6,9-10,14,20H,7-8H2,1-2H3. The molecule has 1 aliphatic carbocycles. The third-order valence-corrected chi connectivity index (χ3v) is 4.38. The average molecular weight is 310 g/mol. The van der Waals surface area contributed by atoms with Crippen molar-refractivity contribution in [3.05, 3.63) is 64.2 Å². The molecule has 0 bridgehead atoms. The van der Waals surface area contributed by atoms with Gasteiger partial charge >= 0.3 is 5.97 Å². The summed E-state index contributed by atoms with van der Waals surface area (Å²) in [5, 5.41) is 10.3. The van der Waals surface area contributed by atoms with Crippen LogP contribution >= 0.6 is 0 Å². The Balaban J connectivity index is 1.98. The molecular formula is C19H18O4. The SMILES string of the molecule is COC(=O)C1CCc2cc(C(=O)c3ccc(C)cc3)c(O)cc21. The van der Waals surface area contributed by atoms with Crippen LogP contribution in [-0.4, -0.2) is 24.0 Å². The molecule has 1 atom stereocenters. The number of ketones is 1. The fraction of sp³-hybridized carbons (Fsp3) is 0.263. The third-order valence-electron chi connectivity index (χ3n) is 4.38. The van der Waals surface area contributed by atoms with Gasteiger partial charge in [0, 0.05) is 5.56 Å². The van der Waals surface area contributed by atoms with Gasteiger partial charge in [-0.05, 0) is 43.0 Å². The predicted octanol–water partition coefficient (Wildman–Crippen LogP) is 3.13. The Morgan fingerprint density at radius 3 is 2.52 bits per heavy atom. The molecule has 0 spiro atoms. The molecule has 0 saturated heterocycles. The van der Waals surface area contributed by atoms with Gasteiger partial charge in [-0.25, -0.2) is 0 Å². The summed E-state index contributed by atoms with van der Waals surface area (Å²) in [4.78, 5) is 24.4. The van der Waals surface area contributed by atoms with Crippen LogP contribution in [0.2, 0.25) is 0 Å². The fourth-order valence-electron chi connectivity index (χ4n) is 3.07. The summed E-state index contributed by atoms with van der Waals surface area (Å²) in [6, 6.07) is 10.5. The molecule has 2 aromatic rings. The number of ether oxygens (including phenoxy) is 1. The van der Waals surface area contributed by atoms with E-state index in [-0.39, 0.29) is 29.0 Å². The van der Waals surface area contributed by atoms with Gasteiger partial charge < -0.3 is 9.84 Å². The van der Waals surface area contributed by atoms with E-state index in [0.717, 1.165) is 16.7 Å². The van der Waals surface area contributed by atoms with Crippen LogP contribution in [0.25, 0.3) is 0 Å². The molecule has 2 aromatic carbocycles. The minimum atomic E-state index is -0.357. The van der Waals surface area contributed by atoms with Crippen molar-refractivity contribution in [2.24, 2.45) is 0 Å². The second kappa shape index (κ2) is 5.88. The molecule has 1 unspecified atom stereocenters.